The highest BCUT2D eigenvalue weighted by atomic mass is 16.1. The van der Waals surface area contributed by atoms with E-state index in [-0.39, 0.29) is 5.78 Å². The van der Waals surface area contributed by atoms with E-state index < -0.39 is 0 Å². The van der Waals surface area contributed by atoms with Crippen LogP contribution >= 0.6 is 0 Å². The first kappa shape index (κ1) is 14.0. The van der Waals surface area contributed by atoms with Crippen LogP contribution in [0.3, 0.4) is 0 Å². The highest BCUT2D eigenvalue weighted by Gasteiger charge is 1.72. The maximum atomic E-state index is 9.44. The van der Waals surface area contributed by atoms with E-state index in [2.05, 4.69) is 31.9 Å². The van der Waals surface area contributed by atoms with Gasteiger partial charge in [0.1, 0.15) is 5.78 Å². The van der Waals surface area contributed by atoms with Gasteiger partial charge >= 0.3 is 0 Å². The predicted octanol–water partition coefficient (Wildman–Crippen LogP) is 2.84. The molecule has 0 aliphatic rings. The zero-order valence-corrected chi connectivity index (χ0v) is 8.45. The average molecular weight is 176 g/mol. The van der Waals surface area contributed by atoms with Crippen molar-refractivity contribution in [3.63, 3.8) is 0 Å². The smallest absolute Gasteiger partial charge is 0.126 e. The van der Waals surface area contributed by atoms with Gasteiger partial charge in [0.15, 0.2) is 0 Å². The van der Waals surface area contributed by atoms with Crippen molar-refractivity contribution in [2.24, 2.45) is 0 Å². The van der Waals surface area contributed by atoms with Crippen molar-refractivity contribution in [2.45, 2.75) is 20.8 Å². The van der Waals surface area contributed by atoms with E-state index in [4.69, 9.17) is 0 Å². The van der Waals surface area contributed by atoms with Crippen LogP contribution in [0.1, 0.15) is 19.4 Å². The number of benzene rings is 1. The molecule has 0 aliphatic heterocycles. The van der Waals surface area contributed by atoms with Crippen LogP contribution in [0.2, 0.25) is 0 Å². The number of carbonyl (C=O) groups is 1. The fourth-order valence-corrected chi connectivity index (χ4v) is 0.534. The average Bonchev–Trinajstić information content (AvgIpc) is 2.08. The molecule has 0 aromatic heterocycles. The Labute approximate surface area is 80.8 Å². The Bertz CT molecular complexity index is 230. The Kier molecular flexibility index (Phi) is 11.3. The monoisotopic (exact) mass is 176 g/mol. The molecule has 0 radical (unpaired) electrons. The van der Waals surface area contributed by atoms with Crippen LogP contribution < -0.4 is 0 Å². The third-order valence-electron chi connectivity index (χ3n) is 0.940. The van der Waals surface area contributed by atoms with Gasteiger partial charge in [-0.1, -0.05) is 35.9 Å². The highest BCUT2D eigenvalue weighted by molar-refractivity contribution is 5.72. The first-order chi connectivity index (χ1) is 6.13. The number of Topliss-reactive ketones (excluding diaryl/α,β-unsaturated/α-hetero) is 1. The first-order valence-electron chi connectivity index (χ1n) is 3.95. The lowest BCUT2D eigenvalue weighted by Gasteiger charge is -1.82. The van der Waals surface area contributed by atoms with Crippen LogP contribution in [0, 0.1) is 19.8 Å². The Hall–Kier alpha value is -1.55. The minimum Gasteiger partial charge on any atom is -0.300 e. The second-order valence-corrected chi connectivity index (χ2v) is 2.56. The van der Waals surface area contributed by atoms with Crippen LogP contribution in [0.4, 0.5) is 0 Å². The van der Waals surface area contributed by atoms with Gasteiger partial charge in [-0.25, -0.2) is 0 Å². The third kappa shape index (κ3) is 17.9. The summed E-state index contributed by atoms with van der Waals surface area (Å²) in [5.41, 5.74) is 1.32. The van der Waals surface area contributed by atoms with Crippen molar-refractivity contribution in [3.05, 3.63) is 35.9 Å². The standard InChI is InChI=1S/C7H8.C3H6O.C2H2/c1-7-5-3-2-4-6-7;1-3(2)4;1-2/h2-6H,1H3;1-2H3;1-2H. The summed E-state index contributed by atoms with van der Waals surface area (Å²) >= 11 is 0. The van der Waals surface area contributed by atoms with Gasteiger partial charge in [-0.2, -0.15) is 0 Å². The van der Waals surface area contributed by atoms with E-state index >= 15 is 0 Å². The summed E-state index contributed by atoms with van der Waals surface area (Å²) in [6.45, 7) is 5.14. The van der Waals surface area contributed by atoms with E-state index in [9.17, 15) is 4.79 Å². The minimum absolute atomic E-state index is 0.167. The molecule has 1 aromatic carbocycles. The van der Waals surface area contributed by atoms with E-state index in [1.54, 1.807) is 0 Å². The molecule has 0 N–H and O–H groups in total. The third-order valence-corrected chi connectivity index (χ3v) is 0.940. The summed E-state index contributed by atoms with van der Waals surface area (Å²) in [5, 5.41) is 0. The normalized spacial score (nSPS) is 6.85. The van der Waals surface area contributed by atoms with Crippen LogP contribution in [0.25, 0.3) is 0 Å². The lowest BCUT2D eigenvalue weighted by molar-refractivity contribution is -0.114. The molecule has 0 amide bonds. The van der Waals surface area contributed by atoms with Crippen LogP contribution in [-0.4, -0.2) is 5.78 Å². The van der Waals surface area contributed by atoms with Crippen LogP contribution in [-0.2, 0) is 4.79 Å². The molecule has 1 heteroatoms. The Morgan fingerprint density at radius 2 is 1.38 bits per heavy atom. The number of terminal acetylenes is 1. The molecule has 1 aromatic rings. The molecule has 0 bridgehead atoms. The van der Waals surface area contributed by atoms with Crippen molar-refractivity contribution >= 4 is 5.78 Å². The van der Waals surface area contributed by atoms with Crippen LogP contribution in [0.5, 0.6) is 0 Å². The van der Waals surface area contributed by atoms with E-state index in [1.165, 1.54) is 19.4 Å². The summed E-state index contributed by atoms with van der Waals surface area (Å²) in [6, 6.07) is 10.3. The van der Waals surface area contributed by atoms with Gasteiger partial charge in [-0.05, 0) is 20.8 Å². The number of carbonyl (C=O) groups excluding carboxylic acids is 1. The van der Waals surface area contributed by atoms with Gasteiger partial charge in [-0.3, -0.25) is 0 Å². The van der Waals surface area contributed by atoms with E-state index in [0.29, 0.717) is 0 Å². The highest BCUT2D eigenvalue weighted by Crippen LogP contribution is 1.92. The van der Waals surface area contributed by atoms with E-state index in [0.717, 1.165) is 0 Å². The number of rotatable bonds is 0. The SMILES string of the molecule is C#C.CC(C)=O.Cc1ccccc1. The molecule has 0 spiro atoms. The molecule has 13 heavy (non-hydrogen) atoms. The number of ketones is 1. The molecular formula is C12H16O. The molecule has 0 heterocycles. The number of aryl methyl sites for hydroxylation is 1. The minimum atomic E-state index is 0.167. The molecule has 0 fully saturated rings. The van der Waals surface area contributed by atoms with Crippen LogP contribution in [0.15, 0.2) is 30.3 Å². The molecule has 0 unspecified atom stereocenters. The Morgan fingerprint density at radius 1 is 1.08 bits per heavy atom. The van der Waals surface area contributed by atoms with E-state index in [1.807, 2.05) is 18.2 Å². The topological polar surface area (TPSA) is 17.1 Å². The molecule has 70 valence electrons. The largest absolute Gasteiger partial charge is 0.300 e. The van der Waals surface area contributed by atoms with Gasteiger partial charge in [0.2, 0.25) is 0 Å². The van der Waals surface area contributed by atoms with Crippen molar-refractivity contribution < 1.29 is 4.79 Å². The molecule has 1 rings (SSSR count). The zero-order valence-electron chi connectivity index (χ0n) is 8.45. The molecule has 0 saturated carbocycles. The Balaban J connectivity index is 0. The zero-order chi connectivity index (χ0) is 10.7. The molecule has 0 aliphatic carbocycles. The predicted molar refractivity (Wildman–Crippen MR) is 57.4 cm³/mol. The fraction of sp³-hybridized carbons (Fsp3) is 0.250. The maximum absolute atomic E-state index is 9.44. The van der Waals surface area contributed by atoms with Crippen molar-refractivity contribution in [1.82, 2.24) is 0 Å². The molecule has 0 saturated heterocycles. The van der Waals surface area contributed by atoms with Gasteiger partial charge < -0.3 is 4.79 Å². The van der Waals surface area contributed by atoms with Crippen molar-refractivity contribution in [1.29, 1.82) is 0 Å². The first-order valence-corrected chi connectivity index (χ1v) is 3.95. The quantitative estimate of drug-likeness (QED) is 0.555. The summed E-state index contributed by atoms with van der Waals surface area (Å²) in [7, 11) is 0. The second-order valence-electron chi connectivity index (χ2n) is 2.56. The van der Waals surface area contributed by atoms with Gasteiger partial charge in [0.05, 0.1) is 0 Å². The van der Waals surface area contributed by atoms with Crippen molar-refractivity contribution in [2.75, 3.05) is 0 Å². The summed E-state index contributed by atoms with van der Waals surface area (Å²) < 4.78 is 0. The molecule has 0 atom stereocenters. The molecular weight excluding hydrogens is 160 g/mol. The summed E-state index contributed by atoms with van der Waals surface area (Å²) in [6.07, 6.45) is 8.00. The maximum Gasteiger partial charge on any atom is 0.126 e. The summed E-state index contributed by atoms with van der Waals surface area (Å²) in [4.78, 5) is 9.44. The summed E-state index contributed by atoms with van der Waals surface area (Å²) in [5.74, 6) is 0.167. The lowest BCUT2D eigenvalue weighted by atomic mass is 10.2. The molecule has 1 nitrogen and oxygen atoms in total. The van der Waals surface area contributed by atoms with Gasteiger partial charge in [-0.15, -0.1) is 12.8 Å². The van der Waals surface area contributed by atoms with Crippen molar-refractivity contribution in [3.8, 4) is 12.8 Å². The lowest BCUT2D eigenvalue weighted by Crippen LogP contribution is -1.69. The Morgan fingerprint density at radius 3 is 1.54 bits per heavy atom. The second kappa shape index (κ2) is 10.4. The van der Waals surface area contributed by atoms with Gasteiger partial charge in [0.25, 0.3) is 0 Å². The fourth-order valence-electron chi connectivity index (χ4n) is 0.534. The number of hydrogen-bond donors (Lipinski definition) is 0. The van der Waals surface area contributed by atoms with Gasteiger partial charge in [0, 0.05) is 0 Å². The number of hydrogen-bond acceptors (Lipinski definition) is 1.